The van der Waals surface area contributed by atoms with Gasteiger partial charge in [-0.3, -0.25) is 9.59 Å². The van der Waals surface area contributed by atoms with Crippen molar-refractivity contribution in [1.82, 2.24) is 4.57 Å². The number of ether oxygens (including phenoxy) is 1. The van der Waals surface area contributed by atoms with E-state index in [1.165, 1.54) is 6.07 Å². The Labute approximate surface area is 155 Å². The van der Waals surface area contributed by atoms with Crippen molar-refractivity contribution in [3.05, 3.63) is 62.6 Å². The molecule has 0 aliphatic carbocycles. The average molecular weight is 356 g/mol. The van der Waals surface area contributed by atoms with Gasteiger partial charge in [-0.1, -0.05) is 25.1 Å². The van der Waals surface area contributed by atoms with Crippen molar-refractivity contribution in [2.75, 3.05) is 11.9 Å². The van der Waals surface area contributed by atoms with Crippen LogP contribution < -0.4 is 10.7 Å². The normalized spacial score (nSPS) is 12.1. The minimum Gasteiger partial charge on any atom is -0.359 e. The molecule has 0 aliphatic heterocycles. The van der Waals surface area contributed by atoms with Gasteiger partial charge in [0.15, 0.2) is 5.43 Å². The van der Waals surface area contributed by atoms with Gasteiger partial charge in [-0.05, 0) is 52.2 Å². The molecule has 1 amide bonds. The molecule has 0 fully saturated rings. The summed E-state index contributed by atoms with van der Waals surface area (Å²) < 4.78 is 7.65. The number of aromatic nitrogens is 1. The first-order chi connectivity index (χ1) is 12.3. The fraction of sp³-hybridized carbons (Fsp3) is 0.429. The smallest absolute Gasteiger partial charge is 0.261 e. The molecule has 0 saturated heterocycles. The highest BCUT2D eigenvalue weighted by atomic mass is 16.5. The number of para-hydroxylation sites is 1. The number of rotatable bonds is 6. The van der Waals surface area contributed by atoms with E-state index in [0.717, 1.165) is 22.5 Å². The Morgan fingerprint density at radius 2 is 1.81 bits per heavy atom. The summed E-state index contributed by atoms with van der Waals surface area (Å²) >= 11 is 0. The molecule has 0 aliphatic rings. The van der Waals surface area contributed by atoms with Gasteiger partial charge in [0.25, 0.3) is 5.91 Å². The molecule has 1 atom stereocenters. The second-order valence-corrected chi connectivity index (χ2v) is 6.47. The van der Waals surface area contributed by atoms with Crippen LogP contribution in [0.15, 0.2) is 29.1 Å². The fourth-order valence-electron chi connectivity index (χ4n) is 3.41. The molecule has 1 aromatic carbocycles. The van der Waals surface area contributed by atoms with Crippen LogP contribution in [0, 0.1) is 20.8 Å². The van der Waals surface area contributed by atoms with Crippen molar-refractivity contribution >= 4 is 11.6 Å². The number of hydrogen-bond acceptors (Lipinski definition) is 3. The molecule has 0 spiro atoms. The van der Waals surface area contributed by atoms with Crippen LogP contribution in [-0.2, 0) is 11.2 Å². The Kier molecular flexibility index (Phi) is 6.37. The van der Waals surface area contributed by atoms with Crippen molar-refractivity contribution in [2.24, 2.45) is 0 Å². The number of benzene rings is 1. The number of hydrogen-bond donors (Lipinski definition) is 1. The van der Waals surface area contributed by atoms with Crippen LogP contribution in [0.5, 0.6) is 0 Å². The molecule has 140 valence electrons. The first-order valence-corrected chi connectivity index (χ1v) is 9.05. The lowest BCUT2D eigenvalue weighted by Gasteiger charge is -2.24. The topological polar surface area (TPSA) is 60.3 Å². The summed E-state index contributed by atoms with van der Waals surface area (Å²) in [5.74, 6) is -0.373. The first-order valence-electron chi connectivity index (χ1n) is 9.05. The summed E-state index contributed by atoms with van der Waals surface area (Å²) in [4.78, 5) is 25.6. The average Bonchev–Trinajstić information content (AvgIpc) is 2.57. The van der Waals surface area contributed by atoms with Crippen molar-refractivity contribution in [3.63, 3.8) is 0 Å². The van der Waals surface area contributed by atoms with Crippen LogP contribution in [0.25, 0.3) is 0 Å². The quantitative estimate of drug-likeness (QED) is 0.846. The van der Waals surface area contributed by atoms with Crippen LogP contribution in [0.1, 0.15) is 59.9 Å². The lowest BCUT2D eigenvalue weighted by molar-refractivity contribution is 0.0211. The molecule has 0 bridgehead atoms. The van der Waals surface area contributed by atoms with E-state index in [4.69, 9.17) is 4.74 Å². The number of aryl methyl sites for hydroxylation is 3. The van der Waals surface area contributed by atoms with Gasteiger partial charge >= 0.3 is 0 Å². The molecule has 2 aromatic rings. The van der Waals surface area contributed by atoms with E-state index in [2.05, 4.69) is 5.32 Å². The molecule has 0 saturated carbocycles. The van der Waals surface area contributed by atoms with Crippen LogP contribution in [0.3, 0.4) is 0 Å². The number of anilines is 1. The summed E-state index contributed by atoms with van der Waals surface area (Å²) in [5, 5.41) is 2.93. The summed E-state index contributed by atoms with van der Waals surface area (Å²) in [6.45, 7) is 12.1. The van der Waals surface area contributed by atoms with Crippen molar-refractivity contribution < 1.29 is 9.53 Å². The molecule has 1 aromatic heterocycles. The number of amides is 1. The van der Waals surface area contributed by atoms with E-state index in [9.17, 15) is 9.59 Å². The van der Waals surface area contributed by atoms with Crippen molar-refractivity contribution in [2.45, 2.75) is 54.2 Å². The third kappa shape index (κ3) is 3.88. The molecular weight excluding hydrogens is 328 g/mol. The largest absolute Gasteiger partial charge is 0.359 e. The van der Waals surface area contributed by atoms with E-state index in [1.54, 1.807) is 0 Å². The van der Waals surface area contributed by atoms with Gasteiger partial charge in [0, 0.05) is 29.7 Å². The van der Waals surface area contributed by atoms with Crippen LogP contribution in [0.2, 0.25) is 0 Å². The maximum absolute atomic E-state index is 13.0. The third-order valence-corrected chi connectivity index (χ3v) is 4.60. The Bertz CT molecular complexity index is 848. The number of nitrogens with one attached hydrogen (secondary N) is 1. The zero-order valence-corrected chi connectivity index (χ0v) is 16.5. The van der Waals surface area contributed by atoms with Gasteiger partial charge in [0.1, 0.15) is 11.8 Å². The number of nitrogens with zero attached hydrogens (tertiary/aromatic N) is 1. The Morgan fingerprint density at radius 1 is 1.19 bits per heavy atom. The molecule has 2 rings (SSSR count). The fourth-order valence-corrected chi connectivity index (χ4v) is 3.41. The molecule has 1 N–H and O–H groups in total. The molecule has 5 heteroatoms. The number of pyridine rings is 1. The highest BCUT2D eigenvalue weighted by Crippen LogP contribution is 2.22. The highest BCUT2D eigenvalue weighted by Gasteiger charge is 2.22. The molecular formula is C21H28N2O3. The molecule has 0 radical (unpaired) electrons. The Hall–Kier alpha value is -2.40. The van der Waals surface area contributed by atoms with E-state index >= 15 is 0 Å². The monoisotopic (exact) mass is 356 g/mol. The van der Waals surface area contributed by atoms with Gasteiger partial charge in [-0.2, -0.15) is 0 Å². The van der Waals surface area contributed by atoms with Gasteiger partial charge < -0.3 is 14.6 Å². The van der Waals surface area contributed by atoms with Crippen LogP contribution >= 0.6 is 0 Å². The van der Waals surface area contributed by atoms with Gasteiger partial charge in [0.2, 0.25) is 0 Å². The highest BCUT2D eigenvalue weighted by molar-refractivity contribution is 6.05. The van der Waals surface area contributed by atoms with E-state index in [0.29, 0.717) is 18.7 Å². The zero-order valence-electron chi connectivity index (χ0n) is 16.5. The maximum atomic E-state index is 13.0. The minimum atomic E-state index is -0.373. The Balaban J connectivity index is 2.56. The maximum Gasteiger partial charge on any atom is 0.261 e. The third-order valence-electron chi connectivity index (χ3n) is 4.60. The van der Waals surface area contributed by atoms with E-state index < -0.39 is 0 Å². The second kappa shape index (κ2) is 8.32. The number of carbonyl (C=O) groups is 1. The first kappa shape index (κ1) is 19.9. The summed E-state index contributed by atoms with van der Waals surface area (Å²) in [7, 11) is 0. The van der Waals surface area contributed by atoms with E-state index in [-0.39, 0.29) is 23.1 Å². The molecule has 1 unspecified atom stereocenters. The summed E-state index contributed by atoms with van der Waals surface area (Å²) in [6.07, 6.45) is 0.311. The second-order valence-electron chi connectivity index (χ2n) is 6.47. The zero-order chi connectivity index (χ0) is 19.4. The van der Waals surface area contributed by atoms with Crippen molar-refractivity contribution in [1.29, 1.82) is 0 Å². The lowest BCUT2D eigenvalue weighted by Crippen LogP contribution is -2.30. The molecule has 5 nitrogen and oxygen atoms in total. The van der Waals surface area contributed by atoms with Gasteiger partial charge in [-0.25, -0.2) is 0 Å². The van der Waals surface area contributed by atoms with Crippen LogP contribution in [-0.4, -0.2) is 17.1 Å². The standard InChI is InChI=1S/C21H28N2O3/c1-7-17-19(18(24)12-15(5)23(17)16(6)26-8-2)21(25)22-20-13(3)10-9-11-14(20)4/h9-12,16H,7-8H2,1-6H3,(H,22,25). The predicted molar refractivity (Wildman–Crippen MR) is 105 cm³/mol. The molecule has 26 heavy (non-hydrogen) atoms. The van der Waals surface area contributed by atoms with Crippen LogP contribution in [0.4, 0.5) is 5.69 Å². The van der Waals surface area contributed by atoms with Gasteiger partial charge in [0.05, 0.1) is 0 Å². The van der Waals surface area contributed by atoms with Gasteiger partial charge in [-0.15, -0.1) is 0 Å². The minimum absolute atomic E-state index is 0.187. The van der Waals surface area contributed by atoms with Crippen molar-refractivity contribution in [3.8, 4) is 0 Å². The summed E-state index contributed by atoms with van der Waals surface area (Å²) in [5.41, 5.74) is 4.09. The predicted octanol–water partition coefficient (Wildman–Crippen LogP) is 4.14. The lowest BCUT2D eigenvalue weighted by atomic mass is 10.1. The van der Waals surface area contributed by atoms with E-state index in [1.807, 2.05) is 64.3 Å². The SMILES string of the molecule is CCOC(C)n1c(C)cc(=O)c(C(=O)Nc2c(C)cccc2C)c1CC. The molecule has 1 heterocycles. The summed E-state index contributed by atoms with van der Waals surface area (Å²) in [6, 6.07) is 7.33. The Morgan fingerprint density at radius 3 is 2.35 bits per heavy atom. The number of carbonyl (C=O) groups excluding carboxylic acids is 1.